The van der Waals surface area contributed by atoms with Gasteiger partial charge in [0.25, 0.3) is 5.92 Å². The summed E-state index contributed by atoms with van der Waals surface area (Å²) in [4.78, 5) is 0. The molecule has 1 heterocycles. The number of alkyl halides is 2. The van der Waals surface area contributed by atoms with Gasteiger partial charge in [0, 0.05) is 17.0 Å². The summed E-state index contributed by atoms with van der Waals surface area (Å²) in [5, 5.41) is 30.9. The summed E-state index contributed by atoms with van der Waals surface area (Å²) in [6.45, 7) is -0.824. The van der Waals surface area contributed by atoms with E-state index in [1.165, 1.54) is 0 Å². The van der Waals surface area contributed by atoms with Crippen LogP contribution in [0.5, 0.6) is 0 Å². The standard InChI is InChI=1S/C15H14F4N4O2/c16-9-1-2-10(11(17)3-9)14(25,7-23-8-20-21-22-23)15(18,19)12-4-13(24,5-12)6-12/h1-3,8,24-25H,4-7H2. The van der Waals surface area contributed by atoms with Crippen LogP contribution in [0.15, 0.2) is 24.5 Å². The lowest BCUT2D eigenvalue weighted by Crippen LogP contribution is -2.77. The van der Waals surface area contributed by atoms with Crippen molar-refractivity contribution in [3.05, 3.63) is 41.7 Å². The summed E-state index contributed by atoms with van der Waals surface area (Å²) in [5.74, 6) is -6.04. The van der Waals surface area contributed by atoms with Crippen molar-refractivity contribution in [2.24, 2.45) is 5.41 Å². The Hall–Kier alpha value is -2.07. The molecule has 1 aromatic heterocycles. The second-order valence-electron chi connectivity index (χ2n) is 7.10. The first-order valence-electron chi connectivity index (χ1n) is 7.60. The zero-order valence-corrected chi connectivity index (χ0v) is 12.8. The number of benzene rings is 1. The highest BCUT2D eigenvalue weighted by Crippen LogP contribution is 2.75. The van der Waals surface area contributed by atoms with Gasteiger partial charge in [-0.2, -0.15) is 0 Å². The molecule has 6 nitrogen and oxygen atoms in total. The smallest absolute Gasteiger partial charge is 0.288 e. The molecule has 0 aliphatic heterocycles. The lowest BCUT2D eigenvalue weighted by molar-refractivity contribution is -0.386. The minimum Gasteiger partial charge on any atom is -0.390 e. The van der Waals surface area contributed by atoms with Crippen molar-refractivity contribution < 1.29 is 27.8 Å². The first-order chi connectivity index (χ1) is 11.6. The van der Waals surface area contributed by atoms with Crippen LogP contribution in [0.25, 0.3) is 0 Å². The maximum atomic E-state index is 15.4. The largest absolute Gasteiger partial charge is 0.390 e. The van der Waals surface area contributed by atoms with E-state index in [9.17, 15) is 19.0 Å². The molecule has 25 heavy (non-hydrogen) atoms. The molecule has 3 saturated carbocycles. The molecule has 1 aromatic carbocycles. The fourth-order valence-electron chi connectivity index (χ4n) is 4.17. The van der Waals surface area contributed by atoms with Crippen molar-refractivity contribution in [3.8, 4) is 0 Å². The molecule has 0 saturated heterocycles. The van der Waals surface area contributed by atoms with E-state index in [0.717, 1.165) is 23.1 Å². The number of hydrogen-bond acceptors (Lipinski definition) is 5. The number of halogens is 4. The second-order valence-corrected chi connectivity index (χ2v) is 7.10. The van der Waals surface area contributed by atoms with Gasteiger partial charge in [0.15, 0.2) is 5.60 Å². The predicted octanol–water partition coefficient (Wildman–Crippen LogP) is 1.39. The Morgan fingerprint density at radius 2 is 1.88 bits per heavy atom. The van der Waals surface area contributed by atoms with Crippen LogP contribution >= 0.6 is 0 Å². The lowest BCUT2D eigenvalue weighted by atomic mass is 9.37. The average molecular weight is 358 g/mol. The van der Waals surface area contributed by atoms with Crippen molar-refractivity contribution in [1.29, 1.82) is 0 Å². The summed E-state index contributed by atoms with van der Waals surface area (Å²) in [7, 11) is 0. The van der Waals surface area contributed by atoms with Crippen molar-refractivity contribution in [1.82, 2.24) is 20.2 Å². The van der Waals surface area contributed by atoms with E-state index in [0.29, 0.717) is 6.07 Å². The van der Waals surface area contributed by atoms with Gasteiger partial charge in [-0.15, -0.1) is 5.10 Å². The molecule has 2 N–H and O–H groups in total. The van der Waals surface area contributed by atoms with Gasteiger partial charge in [-0.1, -0.05) is 0 Å². The van der Waals surface area contributed by atoms with Gasteiger partial charge in [0.2, 0.25) is 0 Å². The SMILES string of the molecule is OC12CC(C(F)(F)C(O)(Cn3cnnn3)c3ccc(F)cc3F)(C1)C2. The van der Waals surface area contributed by atoms with Gasteiger partial charge in [0.1, 0.15) is 18.0 Å². The van der Waals surface area contributed by atoms with Crippen LogP contribution in [0.3, 0.4) is 0 Å². The number of hydrogen-bond donors (Lipinski definition) is 2. The average Bonchev–Trinajstić information content (AvgIpc) is 2.95. The first kappa shape index (κ1) is 16.4. The third-order valence-electron chi connectivity index (χ3n) is 5.35. The van der Waals surface area contributed by atoms with Gasteiger partial charge in [-0.25, -0.2) is 22.2 Å². The summed E-state index contributed by atoms with van der Waals surface area (Å²) < 4.78 is 59.0. The van der Waals surface area contributed by atoms with E-state index in [-0.39, 0.29) is 19.3 Å². The molecule has 0 radical (unpaired) electrons. The molecule has 0 amide bonds. The van der Waals surface area contributed by atoms with Crippen LogP contribution in [-0.4, -0.2) is 41.9 Å². The topological polar surface area (TPSA) is 84.1 Å². The molecule has 3 fully saturated rings. The molecular weight excluding hydrogens is 344 g/mol. The van der Waals surface area contributed by atoms with Gasteiger partial charge in [-0.3, -0.25) is 0 Å². The van der Waals surface area contributed by atoms with Gasteiger partial charge >= 0.3 is 0 Å². The highest BCUT2D eigenvalue weighted by Gasteiger charge is 2.82. The molecule has 0 spiro atoms. The van der Waals surface area contributed by atoms with Crippen molar-refractivity contribution in [2.45, 2.75) is 42.9 Å². The molecule has 3 aliphatic rings. The third-order valence-corrected chi connectivity index (χ3v) is 5.35. The van der Waals surface area contributed by atoms with Crippen LogP contribution in [0, 0.1) is 17.0 Å². The van der Waals surface area contributed by atoms with E-state index in [4.69, 9.17) is 0 Å². The van der Waals surface area contributed by atoms with Crippen LogP contribution in [0.4, 0.5) is 17.6 Å². The summed E-state index contributed by atoms with van der Waals surface area (Å²) in [6, 6.07) is 2.03. The van der Waals surface area contributed by atoms with Crippen LogP contribution in [-0.2, 0) is 12.1 Å². The van der Waals surface area contributed by atoms with E-state index >= 15 is 8.78 Å². The Morgan fingerprint density at radius 3 is 2.40 bits per heavy atom. The Morgan fingerprint density at radius 1 is 1.20 bits per heavy atom. The molecule has 3 aliphatic carbocycles. The molecule has 2 aromatic rings. The summed E-state index contributed by atoms with van der Waals surface area (Å²) in [5.41, 5.74) is -6.53. The van der Waals surface area contributed by atoms with Crippen molar-refractivity contribution in [2.75, 3.05) is 0 Å². The number of aliphatic hydroxyl groups is 2. The van der Waals surface area contributed by atoms with Crippen LogP contribution in [0.2, 0.25) is 0 Å². The highest BCUT2D eigenvalue weighted by atomic mass is 19.3. The van der Waals surface area contributed by atoms with Crippen molar-refractivity contribution in [3.63, 3.8) is 0 Å². The maximum Gasteiger partial charge on any atom is 0.288 e. The highest BCUT2D eigenvalue weighted by molar-refractivity contribution is 5.34. The van der Waals surface area contributed by atoms with Crippen molar-refractivity contribution >= 4 is 0 Å². The Labute approximate surface area is 139 Å². The van der Waals surface area contributed by atoms with E-state index in [2.05, 4.69) is 15.5 Å². The number of aromatic nitrogens is 4. The predicted molar refractivity (Wildman–Crippen MR) is 74.3 cm³/mol. The normalized spacial score (nSPS) is 30.3. The maximum absolute atomic E-state index is 15.4. The quantitative estimate of drug-likeness (QED) is 0.789. The van der Waals surface area contributed by atoms with Crippen LogP contribution in [0.1, 0.15) is 24.8 Å². The minimum absolute atomic E-state index is 0.187. The molecule has 5 rings (SSSR count). The monoisotopic (exact) mass is 358 g/mol. The van der Waals surface area contributed by atoms with E-state index in [1.807, 2.05) is 0 Å². The van der Waals surface area contributed by atoms with Gasteiger partial charge in [-0.05, 0) is 41.8 Å². The first-order valence-corrected chi connectivity index (χ1v) is 7.60. The molecule has 10 heteroatoms. The molecule has 1 atom stereocenters. The molecule has 134 valence electrons. The number of tetrazole rings is 1. The molecule has 1 unspecified atom stereocenters. The van der Waals surface area contributed by atoms with Gasteiger partial charge < -0.3 is 10.2 Å². The second kappa shape index (κ2) is 4.76. The number of nitrogens with zero attached hydrogens (tertiary/aromatic N) is 4. The van der Waals surface area contributed by atoms with E-state index < -0.39 is 46.3 Å². The Bertz CT molecular complexity index is 809. The zero-order chi connectivity index (χ0) is 18.1. The fraction of sp³-hybridized carbons (Fsp3) is 0.533. The van der Waals surface area contributed by atoms with E-state index in [1.54, 1.807) is 0 Å². The Kier molecular flexibility index (Phi) is 3.12. The minimum atomic E-state index is -3.80. The molecular formula is C15H14F4N4O2. The Balaban J connectivity index is 1.81. The number of rotatable bonds is 5. The summed E-state index contributed by atoms with van der Waals surface area (Å²) in [6.07, 6.45) is 0.452. The zero-order valence-electron chi connectivity index (χ0n) is 12.8. The van der Waals surface area contributed by atoms with Gasteiger partial charge in [0.05, 0.1) is 12.1 Å². The fourth-order valence-corrected chi connectivity index (χ4v) is 4.17. The third kappa shape index (κ3) is 2.07. The summed E-state index contributed by atoms with van der Waals surface area (Å²) >= 11 is 0. The molecule has 2 bridgehead atoms. The van der Waals surface area contributed by atoms with Crippen LogP contribution < -0.4 is 0 Å². The lowest BCUT2D eigenvalue weighted by Gasteiger charge is -2.71.